The second kappa shape index (κ2) is 5.14. The third-order valence-electron chi connectivity index (χ3n) is 1.88. The average molecular weight is 198 g/mol. The topological polar surface area (TPSA) is 37.3 Å². The van der Waals surface area contributed by atoms with Crippen LogP contribution in [0.3, 0.4) is 0 Å². The standard InChI is InChI=1S/C10H14O2S/c1-9(7-8-11)13(12)10-5-3-2-4-6-10/h2-6,9,11H,7-8H2,1H3. The van der Waals surface area contributed by atoms with Crippen LogP contribution in [0.4, 0.5) is 0 Å². The van der Waals surface area contributed by atoms with E-state index >= 15 is 0 Å². The highest BCUT2D eigenvalue weighted by atomic mass is 32.2. The summed E-state index contributed by atoms with van der Waals surface area (Å²) in [7, 11) is -0.988. The first-order valence-electron chi connectivity index (χ1n) is 4.32. The van der Waals surface area contributed by atoms with E-state index in [-0.39, 0.29) is 11.9 Å². The molecule has 1 rings (SSSR count). The molecule has 0 aliphatic heterocycles. The first-order chi connectivity index (χ1) is 6.25. The molecule has 3 heteroatoms. The van der Waals surface area contributed by atoms with Crippen LogP contribution in [0.5, 0.6) is 0 Å². The number of aliphatic hydroxyl groups is 1. The van der Waals surface area contributed by atoms with E-state index in [2.05, 4.69) is 0 Å². The lowest BCUT2D eigenvalue weighted by Gasteiger charge is -2.08. The van der Waals surface area contributed by atoms with E-state index in [1.807, 2.05) is 37.3 Å². The third kappa shape index (κ3) is 2.94. The van der Waals surface area contributed by atoms with E-state index in [1.54, 1.807) is 0 Å². The lowest BCUT2D eigenvalue weighted by molar-refractivity contribution is 0.288. The number of hydrogen-bond donors (Lipinski definition) is 1. The smallest absolute Gasteiger partial charge is 0.0558 e. The molecule has 1 N–H and O–H groups in total. The van der Waals surface area contributed by atoms with Gasteiger partial charge in [0.1, 0.15) is 0 Å². The molecule has 72 valence electrons. The summed E-state index contributed by atoms with van der Waals surface area (Å²) in [6, 6.07) is 9.35. The maximum absolute atomic E-state index is 11.7. The second-order valence-electron chi connectivity index (χ2n) is 2.93. The zero-order valence-electron chi connectivity index (χ0n) is 7.64. The minimum Gasteiger partial charge on any atom is -0.396 e. The molecule has 2 atom stereocenters. The minimum absolute atomic E-state index is 0.0207. The van der Waals surface area contributed by atoms with Crippen molar-refractivity contribution in [3.05, 3.63) is 30.3 Å². The van der Waals surface area contributed by atoms with Crippen molar-refractivity contribution < 1.29 is 9.32 Å². The molecule has 0 aliphatic rings. The first-order valence-corrected chi connectivity index (χ1v) is 5.53. The van der Waals surface area contributed by atoms with Gasteiger partial charge in [-0.25, -0.2) is 0 Å². The predicted octanol–water partition coefficient (Wildman–Crippen LogP) is 1.57. The third-order valence-corrected chi connectivity index (χ3v) is 3.58. The Morgan fingerprint density at radius 3 is 2.54 bits per heavy atom. The molecule has 0 heterocycles. The minimum atomic E-state index is -0.988. The molecule has 2 unspecified atom stereocenters. The number of benzene rings is 1. The Balaban J connectivity index is 2.68. The van der Waals surface area contributed by atoms with Crippen LogP contribution in [0.1, 0.15) is 13.3 Å². The molecule has 0 saturated carbocycles. The summed E-state index contributed by atoms with van der Waals surface area (Å²) < 4.78 is 11.7. The molecule has 13 heavy (non-hydrogen) atoms. The number of hydrogen-bond acceptors (Lipinski definition) is 2. The van der Waals surface area contributed by atoms with E-state index < -0.39 is 10.8 Å². The van der Waals surface area contributed by atoms with Crippen molar-refractivity contribution in [1.29, 1.82) is 0 Å². The summed E-state index contributed by atoms with van der Waals surface area (Å²) in [6.07, 6.45) is 0.585. The fraction of sp³-hybridized carbons (Fsp3) is 0.400. The Hall–Kier alpha value is -0.670. The van der Waals surface area contributed by atoms with Gasteiger partial charge in [0, 0.05) is 16.8 Å². The Morgan fingerprint density at radius 1 is 1.38 bits per heavy atom. The highest BCUT2D eigenvalue weighted by Crippen LogP contribution is 2.12. The number of rotatable bonds is 4. The van der Waals surface area contributed by atoms with E-state index in [4.69, 9.17) is 5.11 Å². The van der Waals surface area contributed by atoms with Gasteiger partial charge >= 0.3 is 0 Å². The molecule has 0 aliphatic carbocycles. The largest absolute Gasteiger partial charge is 0.396 e. The van der Waals surface area contributed by atoms with Gasteiger partial charge in [-0.1, -0.05) is 25.1 Å². The zero-order valence-corrected chi connectivity index (χ0v) is 8.46. The monoisotopic (exact) mass is 198 g/mol. The van der Waals surface area contributed by atoms with Gasteiger partial charge in [-0.3, -0.25) is 4.21 Å². The first kappa shape index (κ1) is 10.4. The number of aliphatic hydroxyl groups excluding tert-OH is 1. The summed E-state index contributed by atoms with van der Waals surface area (Å²) in [5.74, 6) is 0. The molecule has 0 amide bonds. The molecule has 0 fully saturated rings. The molecule has 0 aromatic heterocycles. The van der Waals surface area contributed by atoms with Crippen molar-refractivity contribution in [3.63, 3.8) is 0 Å². The highest BCUT2D eigenvalue weighted by Gasteiger charge is 2.11. The highest BCUT2D eigenvalue weighted by molar-refractivity contribution is 7.85. The van der Waals surface area contributed by atoms with Crippen LogP contribution in [0, 0.1) is 0 Å². The molecule has 1 aromatic carbocycles. The van der Waals surface area contributed by atoms with Crippen LogP contribution in [-0.4, -0.2) is 21.2 Å². The lowest BCUT2D eigenvalue weighted by atomic mass is 10.3. The van der Waals surface area contributed by atoms with Gasteiger partial charge < -0.3 is 5.11 Å². The van der Waals surface area contributed by atoms with Crippen LogP contribution in [0.25, 0.3) is 0 Å². The van der Waals surface area contributed by atoms with Crippen LogP contribution in [-0.2, 0) is 10.8 Å². The second-order valence-corrected chi connectivity index (χ2v) is 4.80. The molecular formula is C10H14O2S. The maximum Gasteiger partial charge on any atom is 0.0558 e. The normalized spacial score (nSPS) is 15.2. The van der Waals surface area contributed by atoms with E-state index in [1.165, 1.54) is 0 Å². The van der Waals surface area contributed by atoms with Gasteiger partial charge in [0.2, 0.25) is 0 Å². The van der Waals surface area contributed by atoms with Gasteiger partial charge in [0.15, 0.2) is 0 Å². The lowest BCUT2D eigenvalue weighted by Crippen LogP contribution is -2.12. The molecule has 1 aromatic rings. The van der Waals surface area contributed by atoms with Crippen molar-refractivity contribution in [1.82, 2.24) is 0 Å². The Labute approximate surface area is 81.1 Å². The van der Waals surface area contributed by atoms with Crippen molar-refractivity contribution in [3.8, 4) is 0 Å². The van der Waals surface area contributed by atoms with Gasteiger partial charge in [-0.15, -0.1) is 0 Å². The van der Waals surface area contributed by atoms with Gasteiger partial charge in [-0.05, 0) is 18.6 Å². The Morgan fingerprint density at radius 2 is 2.00 bits per heavy atom. The van der Waals surface area contributed by atoms with Crippen molar-refractivity contribution >= 4 is 10.8 Å². The summed E-state index contributed by atoms with van der Waals surface area (Å²) in [6.45, 7) is 1.99. The summed E-state index contributed by atoms with van der Waals surface area (Å²) >= 11 is 0. The van der Waals surface area contributed by atoms with E-state index in [0.717, 1.165) is 4.90 Å². The molecule has 0 bridgehead atoms. The quantitative estimate of drug-likeness (QED) is 0.797. The molecule has 0 radical (unpaired) electrons. The average Bonchev–Trinajstić information content (AvgIpc) is 2.18. The van der Waals surface area contributed by atoms with Crippen molar-refractivity contribution in [2.45, 2.75) is 23.5 Å². The van der Waals surface area contributed by atoms with Crippen molar-refractivity contribution in [2.24, 2.45) is 0 Å². The van der Waals surface area contributed by atoms with E-state index in [9.17, 15) is 4.21 Å². The molecule has 0 spiro atoms. The molecule has 0 saturated heterocycles. The SMILES string of the molecule is CC(CCO)S(=O)c1ccccc1. The van der Waals surface area contributed by atoms with Gasteiger partial charge in [-0.2, -0.15) is 0 Å². The Kier molecular flexibility index (Phi) is 4.12. The van der Waals surface area contributed by atoms with Crippen molar-refractivity contribution in [2.75, 3.05) is 6.61 Å². The van der Waals surface area contributed by atoms with Crippen LogP contribution in [0.2, 0.25) is 0 Å². The fourth-order valence-corrected chi connectivity index (χ4v) is 2.29. The van der Waals surface area contributed by atoms with Crippen LogP contribution in [0.15, 0.2) is 35.2 Å². The predicted molar refractivity (Wildman–Crippen MR) is 54.0 cm³/mol. The van der Waals surface area contributed by atoms with E-state index in [0.29, 0.717) is 6.42 Å². The molecular weight excluding hydrogens is 184 g/mol. The van der Waals surface area contributed by atoms with Crippen LogP contribution >= 0.6 is 0 Å². The van der Waals surface area contributed by atoms with Crippen LogP contribution < -0.4 is 0 Å². The summed E-state index contributed by atoms with van der Waals surface area (Å²) in [5, 5.41) is 8.72. The fourth-order valence-electron chi connectivity index (χ4n) is 1.08. The Bertz CT molecular complexity index is 272. The van der Waals surface area contributed by atoms with Gasteiger partial charge in [0.25, 0.3) is 0 Å². The molecule has 2 nitrogen and oxygen atoms in total. The summed E-state index contributed by atoms with van der Waals surface area (Å²) in [5.41, 5.74) is 0. The maximum atomic E-state index is 11.7. The zero-order chi connectivity index (χ0) is 9.68. The van der Waals surface area contributed by atoms with Gasteiger partial charge in [0.05, 0.1) is 10.8 Å². The summed E-state index contributed by atoms with van der Waals surface area (Å²) in [4.78, 5) is 0.837.